The summed E-state index contributed by atoms with van der Waals surface area (Å²) in [6, 6.07) is 0. The molecule has 0 bridgehead atoms. The van der Waals surface area contributed by atoms with E-state index in [0.29, 0.717) is 17.9 Å². The van der Waals surface area contributed by atoms with E-state index in [2.05, 4.69) is 63.2 Å². The third kappa shape index (κ3) is 3.20. The van der Waals surface area contributed by atoms with Crippen LogP contribution in [0.15, 0.2) is 24.3 Å². The Morgan fingerprint density at radius 2 is 1.68 bits per heavy atom. The molecule has 0 aliphatic heterocycles. The Bertz CT molecular complexity index is 381. The maximum Gasteiger partial charge on any atom is 0.123 e. The standard InChI is InChI=1S/C16H29NOSi/c1-16(2,3)17-19(5,6)15-11-14(18-4)12-9-7-8-10-13(12)15/h7-10,12-15,17H,11H2,1-6H3. The van der Waals surface area contributed by atoms with E-state index in [9.17, 15) is 0 Å². The van der Waals surface area contributed by atoms with Crippen molar-refractivity contribution in [1.29, 1.82) is 0 Å². The van der Waals surface area contributed by atoms with Gasteiger partial charge in [-0.1, -0.05) is 37.4 Å². The third-order valence-electron chi connectivity index (χ3n) is 4.53. The van der Waals surface area contributed by atoms with Gasteiger partial charge >= 0.3 is 0 Å². The van der Waals surface area contributed by atoms with E-state index in [1.807, 2.05) is 7.11 Å². The smallest absolute Gasteiger partial charge is 0.123 e. The van der Waals surface area contributed by atoms with Gasteiger partial charge in [0.1, 0.15) is 8.24 Å². The van der Waals surface area contributed by atoms with Crippen LogP contribution >= 0.6 is 0 Å². The molecular formula is C16H29NOSi. The summed E-state index contributed by atoms with van der Waals surface area (Å²) in [7, 11) is 0.376. The van der Waals surface area contributed by atoms with E-state index < -0.39 is 8.24 Å². The molecule has 0 saturated heterocycles. The molecule has 0 radical (unpaired) electrons. The molecular weight excluding hydrogens is 250 g/mol. The highest BCUT2D eigenvalue weighted by molar-refractivity contribution is 6.76. The van der Waals surface area contributed by atoms with Crippen LogP contribution in [0, 0.1) is 11.8 Å². The van der Waals surface area contributed by atoms with E-state index in [1.54, 1.807) is 0 Å². The molecule has 2 aliphatic carbocycles. The topological polar surface area (TPSA) is 21.3 Å². The second-order valence-electron chi connectivity index (χ2n) is 7.64. The van der Waals surface area contributed by atoms with Crippen LogP contribution in [0.5, 0.6) is 0 Å². The number of allylic oxidation sites excluding steroid dienone is 3. The molecule has 1 fully saturated rings. The molecule has 108 valence electrons. The number of nitrogens with one attached hydrogen (secondary N) is 1. The summed E-state index contributed by atoms with van der Waals surface area (Å²) in [6.45, 7) is 11.8. The van der Waals surface area contributed by atoms with Gasteiger partial charge in [0.2, 0.25) is 0 Å². The number of hydrogen-bond acceptors (Lipinski definition) is 2. The van der Waals surface area contributed by atoms with Crippen molar-refractivity contribution < 1.29 is 4.74 Å². The molecule has 4 unspecified atom stereocenters. The van der Waals surface area contributed by atoms with Crippen molar-refractivity contribution in [1.82, 2.24) is 4.98 Å². The van der Waals surface area contributed by atoms with Crippen molar-refractivity contribution in [3.05, 3.63) is 24.3 Å². The fourth-order valence-electron chi connectivity index (χ4n) is 4.07. The van der Waals surface area contributed by atoms with Crippen molar-refractivity contribution in [2.24, 2.45) is 11.8 Å². The molecule has 2 nitrogen and oxygen atoms in total. The zero-order chi connectivity index (χ0) is 14.3. The fraction of sp³-hybridized carbons (Fsp3) is 0.750. The van der Waals surface area contributed by atoms with Crippen LogP contribution in [0.4, 0.5) is 0 Å². The summed E-state index contributed by atoms with van der Waals surface area (Å²) in [6.07, 6.45) is 10.7. The first-order valence-corrected chi connectivity index (χ1v) is 10.5. The second kappa shape index (κ2) is 5.19. The average Bonchev–Trinajstić information content (AvgIpc) is 2.65. The molecule has 0 spiro atoms. The SMILES string of the molecule is COC1CC([Si](C)(C)NC(C)(C)C)C2C=CC=CC12. The Hall–Kier alpha value is -0.383. The molecule has 0 aromatic carbocycles. The zero-order valence-corrected chi connectivity index (χ0v) is 14.2. The van der Waals surface area contributed by atoms with Gasteiger partial charge in [-0.05, 0) is 38.7 Å². The zero-order valence-electron chi connectivity index (χ0n) is 13.2. The first-order chi connectivity index (χ1) is 8.74. The highest BCUT2D eigenvalue weighted by atomic mass is 28.3. The van der Waals surface area contributed by atoms with Crippen molar-refractivity contribution in [3.8, 4) is 0 Å². The van der Waals surface area contributed by atoms with Crippen LogP contribution in [0.25, 0.3) is 0 Å². The maximum atomic E-state index is 5.75. The highest BCUT2D eigenvalue weighted by Gasteiger charge is 2.49. The van der Waals surface area contributed by atoms with Crippen LogP contribution in [-0.2, 0) is 4.74 Å². The molecule has 3 heteroatoms. The van der Waals surface area contributed by atoms with Gasteiger partial charge in [0.05, 0.1) is 6.10 Å². The van der Waals surface area contributed by atoms with E-state index in [0.717, 1.165) is 5.54 Å². The lowest BCUT2D eigenvalue weighted by atomic mass is 9.90. The van der Waals surface area contributed by atoms with Crippen molar-refractivity contribution in [2.75, 3.05) is 7.11 Å². The number of rotatable bonds is 3. The monoisotopic (exact) mass is 279 g/mol. The molecule has 2 aliphatic rings. The maximum absolute atomic E-state index is 5.75. The Balaban J connectivity index is 2.20. The van der Waals surface area contributed by atoms with Crippen molar-refractivity contribution in [3.63, 3.8) is 0 Å². The fourth-order valence-corrected chi connectivity index (χ4v) is 8.30. The van der Waals surface area contributed by atoms with Crippen LogP contribution in [0.3, 0.4) is 0 Å². The van der Waals surface area contributed by atoms with Crippen LogP contribution in [0.2, 0.25) is 18.6 Å². The molecule has 0 heterocycles. The predicted molar refractivity (Wildman–Crippen MR) is 84.8 cm³/mol. The first kappa shape index (κ1) is 15.0. The minimum absolute atomic E-state index is 0.199. The number of ether oxygens (including phenoxy) is 1. The van der Waals surface area contributed by atoms with E-state index in [-0.39, 0.29) is 5.54 Å². The van der Waals surface area contributed by atoms with Crippen molar-refractivity contribution >= 4 is 8.24 Å². The summed E-state index contributed by atoms with van der Waals surface area (Å²) in [5.74, 6) is 1.24. The van der Waals surface area contributed by atoms with E-state index >= 15 is 0 Å². The molecule has 0 amide bonds. The van der Waals surface area contributed by atoms with Crippen LogP contribution in [-0.4, -0.2) is 27.0 Å². The molecule has 0 aromatic heterocycles. The Morgan fingerprint density at radius 1 is 1.11 bits per heavy atom. The first-order valence-electron chi connectivity index (χ1n) is 7.42. The molecule has 0 aromatic rings. The van der Waals surface area contributed by atoms with Gasteiger partial charge in [0, 0.05) is 18.6 Å². The Morgan fingerprint density at radius 3 is 2.21 bits per heavy atom. The summed E-state index contributed by atoms with van der Waals surface area (Å²) in [5.41, 5.74) is 0.952. The minimum atomic E-state index is -1.49. The van der Waals surface area contributed by atoms with Gasteiger partial charge < -0.3 is 9.72 Å². The molecule has 1 N–H and O–H groups in total. The number of methoxy groups -OCH3 is 1. The van der Waals surface area contributed by atoms with E-state index in [1.165, 1.54) is 6.42 Å². The summed E-state index contributed by atoms with van der Waals surface area (Å²) < 4.78 is 5.75. The summed E-state index contributed by atoms with van der Waals surface area (Å²) in [4.78, 5) is 3.94. The Kier molecular flexibility index (Phi) is 4.10. The van der Waals surface area contributed by atoms with Gasteiger partial charge in [-0.3, -0.25) is 0 Å². The van der Waals surface area contributed by atoms with Gasteiger partial charge in [0.25, 0.3) is 0 Å². The van der Waals surface area contributed by atoms with Crippen LogP contribution in [0.1, 0.15) is 27.2 Å². The lowest BCUT2D eigenvalue weighted by molar-refractivity contribution is 0.0814. The van der Waals surface area contributed by atoms with E-state index in [4.69, 9.17) is 4.74 Å². The molecule has 2 rings (SSSR count). The van der Waals surface area contributed by atoms with Crippen molar-refractivity contribution in [2.45, 2.75) is 57.5 Å². The summed E-state index contributed by atoms with van der Waals surface area (Å²) in [5, 5.41) is 0. The average molecular weight is 280 g/mol. The number of fused-ring (bicyclic) bond motifs is 1. The summed E-state index contributed by atoms with van der Waals surface area (Å²) >= 11 is 0. The van der Waals surface area contributed by atoms with Gasteiger partial charge in [-0.25, -0.2) is 0 Å². The quantitative estimate of drug-likeness (QED) is 0.795. The normalized spacial score (nSPS) is 34.6. The Labute approximate surface area is 119 Å². The second-order valence-corrected chi connectivity index (χ2v) is 12.1. The van der Waals surface area contributed by atoms with Gasteiger partial charge in [0.15, 0.2) is 0 Å². The predicted octanol–water partition coefficient (Wildman–Crippen LogP) is 3.73. The number of hydrogen-bond donors (Lipinski definition) is 1. The van der Waals surface area contributed by atoms with Crippen LogP contribution < -0.4 is 4.98 Å². The largest absolute Gasteiger partial charge is 0.381 e. The highest BCUT2D eigenvalue weighted by Crippen LogP contribution is 2.49. The molecule has 1 saturated carbocycles. The molecule has 19 heavy (non-hydrogen) atoms. The van der Waals surface area contributed by atoms with Gasteiger partial charge in [-0.15, -0.1) is 0 Å². The third-order valence-corrected chi connectivity index (χ3v) is 8.40. The van der Waals surface area contributed by atoms with Gasteiger partial charge in [-0.2, -0.15) is 0 Å². The molecule has 4 atom stereocenters. The minimum Gasteiger partial charge on any atom is -0.381 e. The lowest BCUT2D eigenvalue weighted by Crippen LogP contribution is -2.57. The lowest BCUT2D eigenvalue weighted by Gasteiger charge is -2.40.